The first-order valence-electron chi connectivity index (χ1n) is 10.8. The molecule has 0 aliphatic carbocycles. The van der Waals surface area contributed by atoms with Gasteiger partial charge in [-0.3, -0.25) is 4.98 Å². The minimum absolute atomic E-state index is 0.136. The van der Waals surface area contributed by atoms with E-state index in [2.05, 4.69) is 31.3 Å². The van der Waals surface area contributed by atoms with Gasteiger partial charge in [-0.25, -0.2) is 13.4 Å². The van der Waals surface area contributed by atoms with E-state index in [9.17, 15) is 8.42 Å². The summed E-state index contributed by atoms with van der Waals surface area (Å²) in [5, 5.41) is 8.28. The number of hydrogen-bond acceptors (Lipinski definition) is 6. The van der Waals surface area contributed by atoms with Crippen molar-refractivity contribution in [2.75, 3.05) is 18.4 Å². The molecule has 5 rings (SSSR count). The van der Waals surface area contributed by atoms with E-state index in [0.29, 0.717) is 37.5 Å². The van der Waals surface area contributed by atoms with E-state index in [1.807, 2.05) is 24.4 Å². The molecule has 0 unspecified atom stereocenters. The number of fused-ring (bicyclic) bond motifs is 1. The Hall–Kier alpha value is -2.53. The summed E-state index contributed by atoms with van der Waals surface area (Å²) < 4.78 is 30.2. The summed E-state index contributed by atoms with van der Waals surface area (Å²) in [6.45, 7) is 1.44. The van der Waals surface area contributed by atoms with Gasteiger partial charge in [-0.15, -0.1) is 0 Å². The lowest BCUT2D eigenvalue weighted by Gasteiger charge is -2.31. The molecule has 8 nitrogen and oxygen atoms in total. The largest absolute Gasteiger partial charge is 0.366 e. The number of pyridine rings is 1. The number of halogens is 2. The normalized spacial score (nSPS) is 15.6. The van der Waals surface area contributed by atoms with Gasteiger partial charge in [0.05, 0.1) is 15.6 Å². The van der Waals surface area contributed by atoms with Gasteiger partial charge < -0.3 is 5.32 Å². The number of sulfonamides is 1. The van der Waals surface area contributed by atoms with Gasteiger partial charge >= 0.3 is 0 Å². The van der Waals surface area contributed by atoms with Crippen LogP contribution in [0.25, 0.3) is 5.65 Å². The van der Waals surface area contributed by atoms with Crippen molar-refractivity contribution in [3.8, 4) is 0 Å². The highest BCUT2D eigenvalue weighted by atomic mass is 79.9. The molecule has 0 radical (unpaired) electrons. The minimum atomic E-state index is -3.58. The molecular weight excluding hydrogens is 540 g/mol. The molecule has 1 N–H and O–H groups in total. The summed E-state index contributed by atoms with van der Waals surface area (Å²) in [5.74, 6) is 0.958. The zero-order valence-corrected chi connectivity index (χ0v) is 21.3. The Kier molecular flexibility index (Phi) is 6.57. The third-order valence-electron chi connectivity index (χ3n) is 5.95. The quantitative estimate of drug-likeness (QED) is 0.366. The molecule has 1 aromatic carbocycles. The SMILES string of the molecule is O=S(=O)(c1cccc(Cl)c1)N1CCC(c2cc(NCc3cccnc3)n3ncc(Br)c3n2)CC1. The van der Waals surface area contributed by atoms with Crippen LogP contribution in [-0.4, -0.2) is 45.4 Å². The predicted octanol–water partition coefficient (Wildman–Crippen LogP) is 4.72. The molecule has 4 heterocycles. The van der Waals surface area contributed by atoms with Crippen molar-refractivity contribution in [1.29, 1.82) is 0 Å². The first-order valence-corrected chi connectivity index (χ1v) is 13.5. The number of aromatic nitrogens is 4. The van der Waals surface area contributed by atoms with Crippen LogP contribution in [0.3, 0.4) is 0 Å². The third kappa shape index (κ3) is 4.68. The Bertz CT molecular complexity index is 1420. The molecule has 1 fully saturated rings. The fraction of sp³-hybridized carbons (Fsp3) is 0.261. The van der Waals surface area contributed by atoms with E-state index in [0.717, 1.165) is 27.2 Å². The molecule has 3 aromatic heterocycles. The van der Waals surface area contributed by atoms with Gasteiger partial charge in [0, 0.05) is 54.7 Å². The number of nitrogens with one attached hydrogen (secondary N) is 1. The lowest BCUT2D eigenvalue weighted by Crippen LogP contribution is -2.38. The van der Waals surface area contributed by atoms with Gasteiger partial charge in [-0.2, -0.15) is 13.9 Å². The first-order chi connectivity index (χ1) is 16.4. The number of hydrogen-bond donors (Lipinski definition) is 1. The summed E-state index contributed by atoms with van der Waals surface area (Å²) in [6.07, 6.45) is 6.65. The molecule has 1 saturated heterocycles. The van der Waals surface area contributed by atoms with Crippen LogP contribution < -0.4 is 5.32 Å². The maximum atomic E-state index is 13.1. The van der Waals surface area contributed by atoms with Gasteiger partial charge in [0.25, 0.3) is 0 Å². The van der Waals surface area contributed by atoms with Gasteiger partial charge in [0.1, 0.15) is 5.82 Å². The van der Waals surface area contributed by atoms with Crippen LogP contribution in [0.4, 0.5) is 5.82 Å². The summed E-state index contributed by atoms with van der Waals surface area (Å²) in [4.78, 5) is 9.24. The van der Waals surface area contributed by atoms with Gasteiger partial charge in [-0.1, -0.05) is 23.7 Å². The van der Waals surface area contributed by atoms with E-state index < -0.39 is 10.0 Å². The summed E-state index contributed by atoms with van der Waals surface area (Å²) in [5.41, 5.74) is 2.70. The van der Waals surface area contributed by atoms with Crippen LogP contribution in [0.5, 0.6) is 0 Å². The van der Waals surface area contributed by atoms with Crippen LogP contribution in [-0.2, 0) is 16.6 Å². The molecule has 0 amide bonds. The van der Waals surface area contributed by atoms with Gasteiger partial charge in [-0.05, 0) is 58.6 Å². The maximum Gasteiger partial charge on any atom is 0.243 e. The Morgan fingerprint density at radius 1 is 1.12 bits per heavy atom. The zero-order valence-electron chi connectivity index (χ0n) is 18.1. The molecule has 0 atom stereocenters. The fourth-order valence-electron chi connectivity index (χ4n) is 4.15. The second-order valence-corrected chi connectivity index (χ2v) is 11.4. The minimum Gasteiger partial charge on any atom is -0.366 e. The van der Waals surface area contributed by atoms with Crippen molar-refractivity contribution in [3.05, 3.63) is 81.8 Å². The van der Waals surface area contributed by atoms with Crippen LogP contribution in [0.15, 0.2) is 70.4 Å². The smallest absolute Gasteiger partial charge is 0.243 e. The van der Waals surface area contributed by atoms with Crippen molar-refractivity contribution in [1.82, 2.24) is 23.9 Å². The average molecular weight is 562 g/mol. The van der Waals surface area contributed by atoms with Crippen molar-refractivity contribution < 1.29 is 8.42 Å². The van der Waals surface area contributed by atoms with Gasteiger partial charge in [0.2, 0.25) is 10.0 Å². The van der Waals surface area contributed by atoms with E-state index in [-0.39, 0.29) is 10.8 Å². The monoisotopic (exact) mass is 560 g/mol. The Labute approximate surface area is 211 Å². The van der Waals surface area contributed by atoms with Gasteiger partial charge in [0.15, 0.2) is 5.65 Å². The van der Waals surface area contributed by atoms with Crippen molar-refractivity contribution in [3.63, 3.8) is 0 Å². The molecule has 1 aliphatic heterocycles. The number of piperidine rings is 1. The Balaban J connectivity index is 1.36. The van der Waals surface area contributed by atoms with Crippen molar-refractivity contribution in [2.24, 2.45) is 0 Å². The molecule has 11 heteroatoms. The maximum absolute atomic E-state index is 13.1. The van der Waals surface area contributed by atoms with E-state index in [1.165, 1.54) is 10.4 Å². The van der Waals surface area contributed by atoms with Crippen molar-refractivity contribution >= 4 is 49.0 Å². The predicted molar refractivity (Wildman–Crippen MR) is 134 cm³/mol. The Morgan fingerprint density at radius 3 is 2.68 bits per heavy atom. The molecule has 176 valence electrons. The first kappa shape index (κ1) is 23.2. The summed E-state index contributed by atoms with van der Waals surface area (Å²) >= 11 is 9.55. The number of rotatable bonds is 6. The van der Waals surface area contributed by atoms with E-state index in [4.69, 9.17) is 16.6 Å². The summed E-state index contributed by atoms with van der Waals surface area (Å²) in [6, 6.07) is 12.3. The summed E-state index contributed by atoms with van der Waals surface area (Å²) in [7, 11) is -3.58. The highest BCUT2D eigenvalue weighted by molar-refractivity contribution is 9.10. The van der Waals surface area contributed by atoms with Crippen LogP contribution in [0.1, 0.15) is 30.0 Å². The zero-order chi connectivity index (χ0) is 23.7. The molecule has 0 saturated carbocycles. The lowest BCUT2D eigenvalue weighted by molar-refractivity contribution is 0.317. The topological polar surface area (TPSA) is 92.5 Å². The molecule has 0 bridgehead atoms. The standard InChI is InChI=1S/C23H22BrClN6O2S/c24-20-15-28-31-22(27-14-16-3-2-8-26-13-16)12-21(29-23(20)31)17-6-9-30(10-7-17)34(32,33)19-5-1-4-18(25)11-19/h1-5,8,11-13,15,17,27H,6-7,9-10,14H2. The number of benzene rings is 1. The second-order valence-electron chi connectivity index (χ2n) is 8.14. The molecule has 0 spiro atoms. The molecule has 4 aromatic rings. The highest BCUT2D eigenvalue weighted by Gasteiger charge is 2.31. The molecule has 1 aliphatic rings. The second kappa shape index (κ2) is 9.61. The molecular formula is C23H22BrClN6O2S. The Morgan fingerprint density at radius 2 is 1.94 bits per heavy atom. The number of nitrogens with zero attached hydrogens (tertiary/aromatic N) is 5. The van der Waals surface area contributed by atoms with Crippen molar-refractivity contribution in [2.45, 2.75) is 30.2 Å². The van der Waals surface area contributed by atoms with Crippen LogP contribution >= 0.6 is 27.5 Å². The van der Waals surface area contributed by atoms with E-state index >= 15 is 0 Å². The van der Waals surface area contributed by atoms with Crippen LogP contribution in [0, 0.1) is 0 Å². The highest BCUT2D eigenvalue weighted by Crippen LogP contribution is 2.33. The number of anilines is 1. The fourth-order valence-corrected chi connectivity index (χ4v) is 6.27. The lowest BCUT2D eigenvalue weighted by atomic mass is 9.94. The van der Waals surface area contributed by atoms with E-state index in [1.54, 1.807) is 35.1 Å². The third-order valence-corrected chi connectivity index (χ3v) is 8.64. The molecule has 34 heavy (non-hydrogen) atoms. The van der Waals surface area contributed by atoms with Crippen LogP contribution in [0.2, 0.25) is 5.02 Å². The average Bonchev–Trinajstić information content (AvgIpc) is 3.24.